The normalized spacial score (nSPS) is 41.9. The molecule has 0 amide bonds. The van der Waals surface area contributed by atoms with E-state index in [1.807, 2.05) is 0 Å². The van der Waals surface area contributed by atoms with Crippen molar-refractivity contribution in [2.75, 3.05) is 0 Å². The molecule has 0 aliphatic heterocycles. The number of hydrogen-bond acceptors (Lipinski definition) is 2. The molecule has 3 atom stereocenters. The maximum atomic E-state index is 9.33. The molecule has 0 heterocycles. The first kappa shape index (κ1) is 9.53. The molecule has 2 rings (SSSR count). The molecule has 2 saturated carbocycles. The predicted octanol–water partition coefficient (Wildman–Crippen LogP) is 3.01. The summed E-state index contributed by atoms with van der Waals surface area (Å²) in [5.41, 5.74) is -0.128. The van der Waals surface area contributed by atoms with Crippen molar-refractivity contribution in [3.8, 4) is 12.1 Å². The zero-order chi connectivity index (χ0) is 10.0. The van der Waals surface area contributed by atoms with Gasteiger partial charge in [-0.1, -0.05) is 12.8 Å². The van der Waals surface area contributed by atoms with Crippen LogP contribution in [0.5, 0.6) is 0 Å². The van der Waals surface area contributed by atoms with Crippen LogP contribution in [0.4, 0.5) is 0 Å². The average Bonchev–Trinajstić information content (AvgIpc) is 2.28. The van der Waals surface area contributed by atoms with Crippen LogP contribution in [0.25, 0.3) is 0 Å². The molecule has 0 aromatic rings. The molecule has 74 valence electrons. The first-order valence-electron chi connectivity index (χ1n) is 5.61. The van der Waals surface area contributed by atoms with Crippen molar-refractivity contribution in [2.24, 2.45) is 17.3 Å². The molecule has 0 aromatic carbocycles. The molecule has 2 fully saturated rings. The van der Waals surface area contributed by atoms with Crippen molar-refractivity contribution in [1.29, 1.82) is 10.5 Å². The summed E-state index contributed by atoms with van der Waals surface area (Å²) in [6.45, 7) is 0. The minimum absolute atomic E-state index is 0.128. The van der Waals surface area contributed by atoms with Crippen LogP contribution in [0.3, 0.4) is 0 Å². The summed E-state index contributed by atoms with van der Waals surface area (Å²) in [6.07, 6.45) is 7.67. The highest BCUT2D eigenvalue weighted by atomic mass is 14.5. The zero-order valence-electron chi connectivity index (χ0n) is 8.50. The molecule has 2 heteroatoms. The van der Waals surface area contributed by atoms with Crippen LogP contribution in [0.15, 0.2) is 0 Å². The Morgan fingerprint density at radius 3 is 2.64 bits per heavy atom. The molecule has 2 aliphatic rings. The van der Waals surface area contributed by atoms with Crippen molar-refractivity contribution in [2.45, 2.75) is 44.9 Å². The number of hydrogen-bond donors (Lipinski definition) is 0. The molecule has 2 nitrogen and oxygen atoms in total. The number of rotatable bonds is 0. The summed E-state index contributed by atoms with van der Waals surface area (Å²) in [5.74, 6) is 0.731. The van der Waals surface area contributed by atoms with Crippen molar-refractivity contribution < 1.29 is 0 Å². The van der Waals surface area contributed by atoms with Crippen molar-refractivity contribution in [3.05, 3.63) is 0 Å². The minimum Gasteiger partial charge on any atom is -0.198 e. The highest BCUT2D eigenvalue weighted by Gasteiger charge is 2.45. The molecule has 0 N–H and O–H groups in total. The van der Waals surface area contributed by atoms with E-state index in [-0.39, 0.29) is 11.3 Å². The summed E-state index contributed by atoms with van der Waals surface area (Å²) < 4.78 is 0. The van der Waals surface area contributed by atoms with Crippen molar-refractivity contribution >= 4 is 0 Å². The summed E-state index contributed by atoms with van der Waals surface area (Å²) in [7, 11) is 0. The zero-order valence-corrected chi connectivity index (χ0v) is 8.50. The fourth-order valence-electron chi connectivity index (χ4n) is 3.25. The van der Waals surface area contributed by atoms with Crippen LogP contribution in [0.2, 0.25) is 0 Å². The average molecular weight is 188 g/mol. The molecule has 14 heavy (non-hydrogen) atoms. The third-order valence-corrected chi connectivity index (χ3v) is 4.09. The Hall–Kier alpha value is -1.02. The lowest BCUT2D eigenvalue weighted by Gasteiger charge is -2.43. The fourth-order valence-corrected chi connectivity index (χ4v) is 3.25. The van der Waals surface area contributed by atoms with Gasteiger partial charge in [0.1, 0.15) is 0 Å². The lowest BCUT2D eigenvalue weighted by molar-refractivity contribution is 0.0832. The second kappa shape index (κ2) is 3.62. The van der Waals surface area contributed by atoms with E-state index in [4.69, 9.17) is 5.26 Å². The van der Waals surface area contributed by atoms with Gasteiger partial charge >= 0.3 is 0 Å². The molecule has 0 unspecified atom stereocenters. The van der Waals surface area contributed by atoms with Gasteiger partial charge in [-0.05, 0) is 38.0 Å². The van der Waals surface area contributed by atoms with Gasteiger partial charge in [0.05, 0.1) is 17.6 Å². The molecular formula is C12H16N2. The topological polar surface area (TPSA) is 47.6 Å². The smallest absolute Gasteiger partial charge is 0.0693 e. The van der Waals surface area contributed by atoms with Gasteiger partial charge in [0.2, 0.25) is 0 Å². The monoisotopic (exact) mass is 188 g/mol. The van der Waals surface area contributed by atoms with Crippen molar-refractivity contribution in [3.63, 3.8) is 0 Å². The first-order chi connectivity index (χ1) is 6.80. The Bertz CT molecular complexity index is 296. The summed E-state index contributed by atoms with van der Waals surface area (Å²) >= 11 is 0. The van der Waals surface area contributed by atoms with Crippen LogP contribution in [0, 0.1) is 39.9 Å². The maximum Gasteiger partial charge on any atom is 0.0693 e. The van der Waals surface area contributed by atoms with Crippen molar-refractivity contribution in [1.82, 2.24) is 0 Å². The van der Waals surface area contributed by atoms with E-state index in [0.29, 0.717) is 5.92 Å². The van der Waals surface area contributed by atoms with E-state index >= 15 is 0 Å². The third kappa shape index (κ3) is 1.40. The predicted molar refractivity (Wildman–Crippen MR) is 53.0 cm³/mol. The standard InChI is InChI=1S/C12H16N2/c13-8-10-4-5-11-3-1-2-6-12(11,7-10)9-14/h10-11H,1-7H2/t10-,11-,12+/m0/s1. The van der Waals surface area contributed by atoms with E-state index in [1.165, 1.54) is 19.3 Å². The Balaban J connectivity index is 2.19. The van der Waals surface area contributed by atoms with Crippen LogP contribution in [-0.2, 0) is 0 Å². The number of nitriles is 2. The molecule has 0 spiro atoms. The van der Waals surface area contributed by atoms with Crippen LogP contribution in [0.1, 0.15) is 44.9 Å². The number of nitrogens with zero attached hydrogens (tertiary/aromatic N) is 2. The third-order valence-electron chi connectivity index (χ3n) is 4.09. The molecule has 0 aromatic heterocycles. The Kier molecular flexibility index (Phi) is 2.46. The SMILES string of the molecule is N#C[C@H]1CC[C@@H]2CCCC[C@]2(C#N)C1. The highest BCUT2D eigenvalue weighted by Crippen LogP contribution is 2.51. The lowest BCUT2D eigenvalue weighted by atomic mass is 9.58. The summed E-state index contributed by atoms with van der Waals surface area (Å²) in [5, 5.41) is 18.3. The van der Waals surface area contributed by atoms with Gasteiger partial charge in [-0.15, -0.1) is 0 Å². The first-order valence-corrected chi connectivity index (χ1v) is 5.61. The molecule has 0 bridgehead atoms. The van der Waals surface area contributed by atoms with Crippen LogP contribution >= 0.6 is 0 Å². The van der Waals surface area contributed by atoms with Gasteiger partial charge in [-0.2, -0.15) is 10.5 Å². The Morgan fingerprint density at radius 2 is 1.93 bits per heavy atom. The Morgan fingerprint density at radius 1 is 1.07 bits per heavy atom. The maximum absolute atomic E-state index is 9.33. The van der Waals surface area contributed by atoms with Gasteiger partial charge in [0, 0.05) is 5.92 Å². The van der Waals surface area contributed by atoms with Gasteiger partial charge in [0.15, 0.2) is 0 Å². The highest BCUT2D eigenvalue weighted by molar-refractivity contribution is 5.10. The van der Waals surface area contributed by atoms with Gasteiger partial charge < -0.3 is 0 Å². The van der Waals surface area contributed by atoms with E-state index in [9.17, 15) is 5.26 Å². The van der Waals surface area contributed by atoms with Gasteiger partial charge in [-0.3, -0.25) is 0 Å². The second-order valence-corrected chi connectivity index (χ2v) is 4.82. The van der Waals surface area contributed by atoms with E-state index < -0.39 is 0 Å². The summed E-state index contributed by atoms with van der Waals surface area (Å²) in [6, 6.07) is 4.88. The minimum atomic E-state index is -0.128. The molecular weight excluding hydrogens is 172 g/mol. The quantitative estimate of drug-likeness (QED) is 0.586. The molecule has 2 aliphatic carbocycles. The van der Waals surface area contributed by atoms with Crippen LogP contribution in [-0.4, -0.2) is 0 Å². The molecule has 0 radical (unpaired) electrons. The second-order valence-electron chi connectivity index (χ2n) is 4.82. The van der Waals surface area contributed by atoms with E-state index in [1.54, 1.807) is 0 Å². The van der Waals surface area contributed by atoms with E-state index in [0.717, 1.165) is 25.7 Å². The summed E-state index contributed by atoms with van der Waals surface area (Å²) in [4.78, 5) is 0. The van der Waals surface area contributed by atoms with Crippen LogP contribution < -0.4 is 0 Å². The Labute approximate surface area is 85.5 Å². The van der Waals surface area contributed by atoms with Gasteiger partial charge in [-0.25, -0.2) is 0 Å². The van der Waals surface area contributed by atoms with Gasteiger partial charge in [0.25, 0.3) is 0 Å². The molecule has 0 saturated heterocycles. The largest absolute Gasteiger partial charge is 0.198 e. The van der Waals surface area contributed by atoms with E-state index in [2.05, 4.69) is 12.1 Å². The lowest BCUT2D eigenvalue weighted by Crippen LogP contribution is -2.38. The fraction of sp³-hybridized carbons (Fsp3) is 0.833. The number of fused-ring (bicyclic) bond motifs is 1.